The molecule has 2 fully saturated rings. The summed E-state index contributed by atoms with van der Waals surface area (Å²) in [4.78, 5) is 28.6. The van der Waals surface area contributed by atoms with E-state index >= 15 is 0 Å². The van der Waals surface area contributed by atoms with Crippen molar-refractivity contribution in [1.29, 1.82) is 0 Å². The van der Waals surface area contributed by atoms with E-state index in [0.717, 1.165) is 45.3 Å². The number of nitrogens with two attached hydrogens (primary N) is 1. The topological polar surface area (TPSA) is 75.9 Å². The molecule has 1 aliphatic carbocycles. The molecule has 6 nitrogen and oxygen atoms in total. The minimum atomic E-state index is -0.465. The molecule has 0 radical (unpaired) electrons. The summed E-state index contributed by atoms with van der Waals surface area (Å²) in [7, 11) is 0. The Bertz CT molecular complexity index is 475. The number of hydrogen-bond acceptors (Lipinski definition) is 4. The second kappa shape index (κ2) is 7.94. The first kappa shape index (κ1) is 20.0. The molecule has 1 saturated heterocycles. The third-order valence-electron chi connectivity index (χ3n) is 5.00. The van der Waals surface area contributed by atoms with Gasteiger partial charge < -0.3 is 20.3 Å². The molecule has 0 aromatic carbocycles. The van der Waals surface area contributed by atoms with Crippen LogP contribution >= 0.6 is 0 Å². The van der Waals surface area contributed by atoms with E-state index in [1.807, 2.05) is 44.4 Å². The SMILES string of the molecule is CC(C)[C@H](N)C(=O)N1CCC(CN(C(=O)OC(C)(C)C)C2CC2)CC1. The zero-order chi connectivity index (χ0) is 18.8. The highest BCUT2D eigenvalue weighted by Gasteiger charge is 2.37. The molecular weight excluding hydrogens is 318 g/mol. The molecule has 1 aliphatic heterocycles. The lowest BCUT2D eigenvalue weighted by atomic mass is 9.94. The molecule has 2 aliphatic rings. The fourth-order valence-electron chi connectivity index (χ4n) is 3.19. The van der Waals surface area contributed by atoms with Crippen LogP contribution in [0.4, 0.5) is 4.79 Å². The minimum absolute atomic E-state index is 0.0552. The van der Waals surface area contributed by atoms with E-state index < -0.39 is 11.6 Å². The molecule has 0 unspecified atom stereocenters. The lowest BCUT2D eigenvalue weighted by molar-refractivity contribution is -0.135. The number of likely N-dealkylation sites (tertiary alicyclic amines) is 1. The van der Waals surface area contributed by atoms with Crippen LogP contribution in [0.15, 0.2) is 0 Å². The van der Waals surface area contributed by atoms with Crippen LogP contribution in [0.5, 0.6) is 0 Å². The molecule has 0 aromatic heterocycles. The third kappa shape index (κ3) is 5.87. The summed E-state index contributed by atoms with van der Waals surface area (Å²) in [5.74, 6) is 0.634. The largest absolute Gasteiger partial charge is 0.444 e. The summed E-state index contributed by atoms with van der Waals surface area (Å²) in [6.45, 7) is 11.9. The maximum atomic E-state index is 12.5. The quantitative estimate of drug-likeness (QED) is 0.824. The van der Waals surface area contributed by atoms with Crippen LogP contribution in [-0.4, -0.2) is 59.1 Å². The molecule has 0 aromatic rings. The van der Waals surface area contributed by atoms with Gasteiger partial charge in [0.1, 0.15) is 5.60 Å². The molecule has 25 heavy (non-hydrogen) atoms. The van der Waals surface area contributed by atoms with Crippen LogP contribution in [-0.2, 0) is 9.53 Å². The van der Waals surface area contributed by atoms with Crippen molar-refractivity contribution >= 4 is 12.0 Å². The number of amides is 2. The van der Waals surface area contributed by atoms with Crippen LogP contribution in [0.3, 0.4) is 0 Å². The van der Waals surface area contributed by atoms with Gasteiger partial charge in [-0.1, -0.05) is 13.8 Å². The van der Waals surface area contributed by atoms with Crippen LogP contribution in [0.1, 0.15) is 60.3 Å². The molecule has 1 heterocycles. The first-order chi connectivity index (χ1) is 11.6. The van der Waals surface area contributed by atoms with Crippen molar-refractivity contribution in [3.05, 3.63) is 0 Å². The van der Waals surface area contributed by atoms with E-state index in [-0.39, 0.29) is 17.9 Å². The van der Waals surface area contributed by atoms with Crippen molar-refractivity contribution in [3.8, 4) is 0 Å². The summed E-state index contributed by atoms with van der Waals surface area (Å²) in [6, 6.07) is -0.0786. The monoisotopic (exact) mass is 353 g/mol. The zero-order valence-electron chi connectivity index (χ0n) is 16.5. The van der Waals surface area contributed by atoms with Crippen LogP contribution in [0.25, 0.3) is 0 Å². The van der Waals surface area contributed by atoms with Gasteiger partial charge >= 0.3 is 6.09 Å². The van der Waals surface area contributed by atoms with Gasteiger partial charge in [0.2, 0.25) is 5.91 Å². The van der Waals surface area contributed by atoms with Gasteiger partial charge in [-0.25, -0.2) is 4.79 Å². The Balaban J connectivity index is 1.85. The van der Waals surface area contributed by atoms with Crippen molar-refractivity contribution < 1.29 is 14.3 Å². The van der Waals surface area contributed by atoms with Gasteiger partial charge in [-0.05, 0) is 58.3 Å². The standard InChI is InChI=1S/C19H35N3O3/c1-13(2)16(20)17(23)21-10-8-14(9-11-21)12-22(15-6-7-15)18(24)25-19(3,4)5/h13-16H,6-12,20H2,1-5H3/t16-/m0/s1. The van der Waals surface area contributed by atoms with Gasteiger partial charge in [-0.3, -0.25) is 4.79 Å². The Labute approximate surface area is 152 Å². The number of ether oxygens (including phenoxy) is 1. The number of rotatable bonds is 5. The average Bonchev–Trinajstić information content (AvgIpc) is 3.34. The molecule has 1 saturated carbocycles. The van der Waals surface area contributed by atoms with Crippen LogP contribution in [0, 0.1) is 11.8 Å². The lowest BCUT2D eigenvalue weighted by Crippen LogP contribution is -2.50. The van der Waals surface area contributed by atoms with E-state index in [4.69, 9.17) is 10.5 Å². The van der Waals surface area contributed by atoms with E-state index in [9.17, 15) is 9.59 Å². The van der Waals surface area contributed by atoms with Crippen molar-refractivity contribution in [2.45, 2.75) is 78.0 Å². The first-order valence-corrected chi connectivity index (χ1v) is 9.62. The summed E-state index contributed by atoms with van der Waals surface area (Å²) in [6.07, 6.45) is 3.78. The lowest BCUT2D eigenvalue weighted by Gasteiger charge is -2.36. The van der Waals surface area contributed by atoms with E-state index in [0.29, 0.717) is 12.0 Å². The zero-order valence-corrected chi connectivity index (χ0v) is 16.5. The number of piperidine rings is 1. The van der Waals surface area contributed by atoms with Crippen LogP contribution < -0.4 is 5.73 Å². The third-order valence-corrected chi connectivity index (χ3v) is 5.00. The summed E-state index contributed by atoms with van der Waals surface area (Å²) in [5.41, 5.74) is 5.53. The smallest absolute Gasteiger partial charge is 0.410 e. The molecule has 0 bridgehead atoms. The highest BCUT2D eigenvalue weighted by molar-refractivity contribution is 5.82. The average molecular weight is 354 g/mol. The molecule has 144 valence electrons. The van der Waals surface area contributed by atoms with E-state index in [1.54, 1.807) is 0 Å². The van der Waals surface area contributed by atoms with Gasteiger partial charge in [0, 0.05) is 25.7 Å². The first-order valence-electron chi connectivity index (χ1n) is 9.62. The van der Waals surface area contributed by atoms with Gasteiger partial charge in [-0.2, -0.15) is 0 Å². The van der Waals surface area contributed by atoms with Crippen LogP contribution in [0.2, 0.25) is 0 Å². The van der Waals surface area contributed by atoms with Gasteiger partial charge in [0.05, 0.1) is 6.04 Å². The van der Waals surface area contributed by atoms with E-state index in [2.05, 4.69) is 0 Å². The Kier molecular flexibility index (Phi) is 6.35. The van der Waals surface area contributed by atoms with Gasteiger partial charge in [0.25, 0.3) is 0 Å². The van der Waals surface area contributed by atoms with Crippen molar-refractivity contribution in [3.63, 3.8) is 0 Å². The van der Waals surface area contributed by atoms with Crippen molar-refractivity contribution in [1.82, 2.24) is 9.80 Å². The number of nitrogens with zero attached hydrogens (tertiary/aromatic N) is 2. The Morgan fingerprint density at radius 2 is 1.72 bits per heavy atom. The fourth-order valence-corrected chi connectivity index (χ4v) is 3.19. The number of carbonyl (C=O) groups excluding carboxylic acids is 2. The Morgan fingerprint density at radius 3 is 2.16 bits per heavy atom. The molecule has 6 heteroatoms. The second-order valence-electron chi connectivity index (χ2n) is 8.90. The highest BCUT2D eigenvalue weighted by Crippen LogP contribution is 2.31. The maximum absolute atomic E-state index is 12.5. The molecule has 2 rings (SSSR count). The predicted octanol–water partition coefficient (Wildman–Crippen LogP) is 2.61. The Morgan fingerprint density at radius 1 is 1.16 bits per heavy atom. The summed E-state index contributed by atoms with van der Waals surface area (Å²) in [5, 5.41) is 0. The Hall–Kier alpha value is -1.30. The summed E-state index contributed by atoms with van der Waals surface area (Å²) >= 11 is 0. The number of carbonyl (C=O) groups is 2. The normalized spacial score (nSPS) is 20.5. The molecule has 0 spiro atoms. The predicted molar refractivity (Wildman–Crippen MR) is 98.1 cm³/mol. The fraction of sp³-hybridized carbons (Fsp3) is 0.895. The van der Waals surface area contributed by atoms with Crippen molar-refractivity contribution in [2.24, 2.45) is 17.6 Å². The van der Waals surface area contributed by atoms with Gasteiger partial charge in [-0.15, -0.1) is 0 Å². The minimum Gasteiger partial charge on any atom is -0.444 e. The highest BCUT2D eigenvalue weighted by atomic mass is 16.6. The molecule has 2 N–H and O–H groups in total. The maximum Gasteiger partial charge on any atom is 0.410 e. The molecule has 2 amide bonds. The van der Waals surface area contributed by atoms with Gasteiger partial charge in [0.15, 0.2) is 0 Å². The molecule has 1 atom stereocenters. The number of hydrogen-bond donors (Lipinski definition) is 1. The second-order valence-corrected chi connectivity index (χ2v) is 8.90. The summed E-state index contributed by atoms with van der Waals surface area (Å²) < 4.78 is 5.57. The van der Waals surface area contributed by atoms with Crippen molar-refractivity contribution in [2.75, 3.05) is 19.6 Å². The van der Waals surface area contributed by atoms with E-state index in [1.165, 1.54) is 0 Å². The molecular formula is C19H35N3O3.